The number of alkyl halides is 5. The summed E-state index contributed by atoms with van der Waals surface area (Å²) in [5.41, 5.74) is 0.628. The second-order valence-electron chi connectivity index (χ2n) is 3.81. The van der Waals surface area contributed by atoms with E-state index in [0.717, 1.165) is 0 Å². The molecule has 0 aliphatic heterocycles. The Hall–Kier alpha value is -1.33. The molecule has 0 spiro atoms. The van der Waals surface area contributed by atoms with Gasteiger partial charge in [0.2, 0.25) is 0 Å². The minimum Gasteiger partial charge on any atom is -0.474 e. The molecule has 1 atom stereocenters. The van der Waals surface area contributed by atoms with Gasteiger partial charge in [0.05, 0.1) is 0 Å². The zero-order valence-electron chi connectivity index (χ0n) is 9.18. The third-order valence-electron chi connectivity index (χ3n) is 2.00. The molecule has 0 bridgehead atoms. The van der Waals surface area contributed by atoms with Gasteiger partial charge >= 0.3 is 6.18 Å². The van der Waals surface area contributed by atoms with E-state index < -0.39 is 18.2 Å². The molecule has 0 radical (unpaired) electrons. The zero-order valence-corrected chi connectivity index (χ0v) is 9.18. The van der Waals surface area contributed by atoms with Crippen LogP contribution in [0.5, 0.6) is 5.75 Å². The molecule has 0 aromatic heterocycles. The standard InChI is InChI=1S/C11H11F5O/c1-7-4-3-5-8(6-7)17-9(10(2,12)13)11(14,15)16/h3-6,9H,1-2H3. The van der Waals surface area contributed by atoms with E-state index in [2.05, 4.69) is 4.74 Å². The van der Waals surface area contributed by atoms with Crippen LogP contribution in [0.4, 0.5) is 22.0 Å². The molecule has 1 unspecified atom stereocenters. The number of ether oxygens (including phenoxy) is 1. The Bertz CT molecular complexity index is 366. The fraction of sp³-hybridized carbons (Fsp3) is 0.455. The lowest BCUT2D eigenvalue weighted by molar-refractivity contribution is -0.254. The molecule has 6 heteroatoms. The van der Waals surface area contributed by atoms with Gasteiger partial charge < -0.3 is 4.74 Å². The highest BCUT2D eigenvalue weighted by Crippen LogP contribution is 2.35. The summed E-state index contributed by atoms with van der Waals surface area (Å²) < 4.78 is 67.2. The predicted octanol–water partition coefficient (Wildman–Crippen LogP) is 3.96. The third-order valence-corrected chi connectivity index (χ3v) is 2.00. The van der Waals surface area contributed by atoms with Crippen molar-refractivity contribution in [3.05, 3.63) is 29.8 Å². The fourth-order valence-electron chi connectivity index (χ4n) is 1.28. The highest BCUT2D eigenvalue weighted by molar-refractivity contribution is 5.27. The van der Waals surface area contributed by atoms with E-state index in [1.54, 1.807) is 13.0 Å². The van der Waals surface area contributed by atoms with E-state index in [1.165, 1.54) is 18.2 Å². The summed E-state index contributed by atoms with van der Waals surface area (Å²) in [4.78, 5) is 0. The number of hydrogen-bond donors (Lipinski definition) is 0. The molecule has 0 amide bonds. The second-order valence-corrected chi connectivity index (χ2v) is 3.81. The SMILES string of the molecule is Cc1cccc(OC(C(C)(F)F)C(F)(F)F)c1. The van der Waals surface area contributed by atoms with Gasteiger partial charge in [-0.3, -0.25) is 0 Å². The summed E-state index contributed by atoms with van der Waals surface area (Å²) in [5.74, 6) is -4.23. The maximum atomic E-state index is 12.8. The van der Waals surface area contributed by atoms with Crippen LogP contribution < -0.4 is 4.74 Å². The van der Waals surface area contributed by atoms with Crippen LogP contribution in [0, 0.1) is 6.92 Å². The smallest absolute Gasteiger partial charge is 0.431 e. The zero-order chi connectivity index (χ0) is 13.3. The van der Waals surface area contributed by atoms with Crippen LogP contribution in [0.15, 0.2) is 24.3 Å². The first-order valence-electron chi connectivity index (χ1n) is 4.78. The molecule has 0 saturated carbocycles. The number of benzene rings is 1. The maximum absolute atomic E-state index is 12.8. The molecule has 0 fully saturated rings. The lowest BCUT2D eigenvalue weighted by Gasteiger charge is -2.26. The summed E-state index contributed by atoms with van der Waals surface area (Å²) in [7, 11) is 0. The van der Waals surface area contributed by atoms with Gasteiger partial charge in [-0.05, 0) is 24.6 Å². The van der Waals surface area contributed by atoms with E-state index in [1.807, 2.05) is 0 Å². The summed E-state index contributed by atoms with van der Waals surface area (Å²) >= 11 is 0. The Labute approximate surface area is 95.2 Å². The van der Waals surface area contributed by atoms with Crippen molar-refractivity contribution in [1.29, 1.82) is 0 Å². The van der Waals surface area contributed by atoms with Crippen molar-refractivity contribution in [3.8, 4) is 5.75 Å². The largest absolute Gasteiger partial charge is 0.474 e. The van der Waals surface area contributed by atoms with Gasteiger partial charge in [0.1, 0.15) is 5.75 Å². The van der Waals surface area contributed by atoms with Gasteiger partial charge in [-0.25, -0.2) is 8.78 Å². The first kappa shape index (κ1) is 13.7. The van der Waals surface area contributed by atoms with Crippen LogP contribution in [0.2, 0.25) is 0 Å². The molecular formula is C11H11F5O. The van der Waals surface area contributed by atoms with Crippen LogP contribution >= 0.6 is 0 Å². The lowest BCUT2D eigenvalue weighted by Crippen LogP contribution is -2.47. The number of hydrogen-bond acceptors (Lipinski definition) is 1. The molecular weight excluding hydrogens is 243 g/mol. The highest BCUT2D eigenvalue weighted by Gasteiger charge is 2.55. The molecule has 1 aromatic rings. The molecule has 17 heavy (non-hydrogen) atoms. The predicted molar refractivity (Wildman–Crippen MR) is 52.3 cm³/mol. The summed E-state index contributed by atoms with van der Waals surface area (Å²) in [6, 6.07) is 5.54. The average Bonchev–Trinajstić information content (AvgIpc) is 2.10. The van der Waals surface area contributed by atoms with Crippen LogP contribution in [0.3, 0.4) is 0 Å². The lowest BCUT2D eigenvalue weighted by atomic mass is 10.2. The van der Waals surface area contributed by atoms with Crippen molar-refractivity contribution in [1.82, 2.24) is 0 Å². The van der Waals surface area contributed by atoms with Crippen molar-refractivity contribution in [3.63, 3.8) is 0 Å². The van der Waals surface area contributed by atoms with Crippen LogP contribution in [-0.4, -0.2) is 18.2 Å². The molecule has 1 nitrogen and oxygen atoms in total. The molecule has 1 rings (SSSR count). The summed E-state index contributed by atoms with van der Waals surface area (Å²) in [6.07, 6.45) is -8.26. The Kier molecular flexibility index (Phi) is 3.64. The minimum absolute atomic E-state index is 0.182. The normalized spacial score (nSPS) is 14.5. The molecule has 0 aliphatic rings. The molecule has 96 valence electrons. The maximum Gasteiger partial charge on any atom is 0.431 e. The van der Waals surface area contributed by atoms with Gasteiger partial charge in [-0.2, -0.15) is 13.2 Å². The Morgan fingerprint density at radius 2 is 1.71 bits per heavy atom. The fourth-order valence-corrected chi connectivity index (χ4v) is 1.28. The van der Waals surface area contributed by atoms with E-state index in [9.17, 15) is 22.0 Å². The van der Waals surface area contributed by atoms with Crippen molar-refractivity contribution in [2.24, 2.45) is 0 Å². The van der Waals surface area contributed by atoms with Crippen molar-refractivity contribution in [2.75, 3.05) is 0 Å². The van der Waals surface area contributed by atoms with E-state index >= 15 is 0 Å². The first-order valence-corrected chi connectivity index (χ1v) is 4.78. The summed E-state index contributed by atoms with van der Waals surface area (Å²) in [6.45, 7) is 1.81. The van der Waals surface area contributed by atoms with Gasteiger partial charge in [-0.1, -0.05) is 12.1 Å². The van der Waals surface area contributed by atoms with Crippen molar-refractivity contribution < 1.29 is 26.7 Å². The van der Waals surface area contributed by atoms with E-state index in [-0.39, 0.29) is 12.7 Å². The second kappa shape index (κ2) is 4.50. The number of aryl methyl sites for hydroxylation is 1. The van der Waals surface area contributed by atoms with Crippen LogP contribution in [0.25, 0.3) is 0 Å². The average molecular weight is 254 g/mol. The number of rotatable bonds is 3. The molecule has 0 aliphatic carbocycles. The Morgan fingerprint density at radius 1 is 1.12 bits per heavy atom. The third kappa shape index (κ3) is 3.87. The van der Waals surface area contributed by atoms with Crippen molar-refractivity contribution in [2.45, 2.75) is 32.1 Å². The molecule has 0 saturated heterocycles. The topological polar surface area (TPSA) is 9.23 Å². The van der Waals surface area contributed by atoms with Gasteiger partial charge in [0, 0.05) is 6.92 Å². The van der Waals surface area contributed by atoms with Gasteiger partial charge in [-0.15, -0.1) is 0 Å². The quantitative estimate of drug-likeness (QED) is 0.742. The summed E-state index contributed by atoms with van der Waals surface area (Å²) in [5, 5.41) is 0. The Morgan fingerprint density at radius 3 is 2.12 bits per heavy atom. The Balaban J connectivity index is 2.96. The van der Waals surface area contributed by atoms with Crippen molar-refractivity contribution >= 4 is 0 Å². The van der Waals surface area contributed by atoms with E-state index in [0.29, 0.717) is 5.56 Å². The molecule has 0 heterocycles. The minimum atomic E-state index is -5.12. The van der Waals surface area contributed by atoms with Crippen LogP contribution in [0.1, 0.15) is 12.5 Å². The first-order chi connectivity index (χ1) is 7.60. The van der Waals surface area contributed by atoms with Gasteiger partial charge in [0.25, 0.3) is 12.0 Å². The number of halogens is 5. The van der Waals surface area contributed by atoms with Gasteiger partial charge in [0.15, 0.2) is 0 Å². The monoisotopic (exact) mass is 254 g/mol. The molecule has 1 aromatic carbocycles. The molecule has 0 N–H and O–H groups in total. The van der Waals surface area contributed by atoms with E-state index in [4.69, 9.17) is 0 Å². The highest BCUT2D eigenvalue weighted by atomic mass is 19.4. The van der Waals surface area contributed by atoms with Crippen LogP contribution in [-0.2, 0) is 0 Å².